The number of aromatic nitrogens is 2. The van der Waals surface area contributed by atoms with E-state index >= 15 is 0 Å². The Kier molecular flexibility index (Phi) is 5.76. The Bertz CT molecular complexity index is 838. The second-order valence-electron chi connectivity index (χ2n) is 6.48. The Morgan fingerprint density at radius 3 is 2.44 bits per heavy atom. The van der Waals surface area contributed by atoms with Gasteiger partial charge in [-0.15, -0.1) is 10.2 Å². The molecule has 0 unspecified atom stereocenters. The van der Waals surface area contributed by atoms with Crippen molar-refractivity contribution in [2.24, 2.45) is 0 Å². The summed E-state index contributed by atoms with van der Waals surface area (Å²) in [6, 6.07) is 15.2. The Balaban J connectivity index is 1.58. The van der Waals surface area contributed by atoms with E-state index in [1.54, 1.807) is 23.1 Å². The van der Waals surface area contributed by atoms with Crippen molar-refractivity contribution in [1.29, 1.82) is 0 Å². The maximum absolute atomic E-state index is 4.28. The molecule has 0 aliphatic heterocycles. The largest absolute Gasteiger partial charge is 0.330 e. The predicted molar refractivity (Wildman–Crippen MR) is 109 cm³/mol. The first-order valence-corrected chi connectivity index (χ1v) is 10.2. The van der Waals surface area contributed by atoms with Gasteiger partial charge in [-0.25, -0.2) is 0 Å². The number of hydrogen-bond acceptors (Lipinski definition) is 5. The van der Waals surface area contributed by atoms with E-state index in [-0.39, 0.29) is 0 Å². The van der Waals surface area contributed by atoms with Crippen LogP contribution in [0.1, 0.15) is 42.0 Å². The molecular weight excluding hydrogens is 346 g/mol. The van der Waals surface area contributed by atoms with Gasteiger partial charge in [-0.3, -0.25) is 0 Å². The van der Waals surface area contributed by atoms with Crippen LogP contribution in [-0.2, 0) is 5.75 Å². The van der Waals surface area contributed by atoms with Gasteiger partial charge in [0.15, 0.2) is 4.34 Å². The first kappa shape index (κ1) is 18.0. The van der Waals surface area contributed by atoms with Crippen LogP contribution in [0, 0.1) is 13.8 Å². The van der Waals surface area contributed by atoms with Gasteiger partial charge in [0, 0.05) is 11.4 Å². The molecule has 0 aliphatic carbocycles. The van der Waals surface area contributed by atoms with Gasteiger partial charge in [0.05, 0.1) is 0 Å². The van der Waals surface area contributed by atoms with Gasteiger partial charge < -0.3 is 5.32 Å². The van der Waals surface area contributed by atoms with Crippen LogP contribution < -0.4 is 5.32 Å². The van der Waals surface area contributed by atoms with E-state index in [9.17, 15) is 0 Å². The number of aryl methyl sites for hydroxylation is 2. The molecule has 3 rings (SSSR count). The smallest absolute Gasteiger partial charge is 0.210 e. The fraction of sp³-hybridized carbons (Fsp3) is 0.300. The Hall–Kier alpha value is -1.85. The molecular formula is C20H23N3S2. The SMILES string of the molecule is Cc1ccc(Nc2nnc(SCc3ccc(C(C)C)cc3)s2)cc1C. The van der Waals surface area contributed by atoms with E-state index in [0.717, 1.165) is 20.9 Å². The molecule has 5 heteroatoms. The summed E-state index contributed by atoms with van der Waals surface area (Å²) in [7, 11) is 0. The minimum atomic E-state index is 0.573. The van der Waals surface area contributed by atoms with E-state index in [2.05, 4.69) is 85.7 Å². The van der Waals surface area contributed by atoms with E-state index in [1.807, 2.05) is 0 Å². The van der Waals surface area contributed by atoms with Crippen LogP contribution in [0.25, 0.3) is 0 Å². The summed E-state index contributed by atoms with van der Waals surface area (Å²) < 4.78 is 0.985. The van der Waals surface area contributed by atoms with Gasteiger partial charge in [-0.05, 0) is 54.2 Å². The monoisotopic (exact) mass is 369 g/mol. The van der Waals surface area contributed by atoms with Gasteiger partial charge in [-0.1, -0.05) is 67.3 Å². The molecule has 130 valence electrons. The highest BCUT2D eigenvalue weighted by Crippen LogP contribution is 2.30. The van der Waals surface area contributed by atoms with Crippen molar-refractivity contribution in [3.63, 3.8) is 0 Å². The fourth-order valence-electron chi connectivity index (χ4n) is 2.41. The number of nitrogens with zero attached hydrogens (tertiary/aromatic N) is 2. The van der Waals surface area contributed by atoms with Gasteiger partial charge in [-0.2, -0.15) is 0 Å². The van der Waals surface area contributed by atoms with Crippen molar-refractivity contribution in [2.75, 3.05) is 5.32 Å². The second kappa shape index (κ2) is 8.02. The molecule has 0 atom stereocenters. The fourth-order valence-corrected chi connectivity index (χ4v) is 4.13. The zero-order valence-electron chi connectivity index (χ0n) is 15.0. The van der Waals surface area contributed by atoms with Crippen molar-refractivity contribution in [3.05, 3.63) is 64.7 Å². The molecule has 1 aromatic heterocycles. The molecule has 0 aliphatic rings. The lowest BCUT2D eigenvalue weighted by molar-refractivity contribution is 0.866. The Morgan fingerprint density at radius 1 is 1.00 bits per heavy atom. The lowest BCUT2D eigenvalue weighted by atomic mass is 10.0. The highest BCUT2D eigenvalue weighted by atomic mass is 32.2. The normalized spacial score (nSPS) is 11.1. The van der Waals surface area contributed by atoms with Crippen LogP contribution in [-0.4, -0.2) is 10.2 Å². The van der Waals surface area contributed by atoms with Crippen LogP contribution in [0.4, 0.5) is 10.8 Å². The van der Waals surface area contributed by atoms with Gasteiger partial charge >= 0.3 is 0 Å². The minimum Gasteiger partial charge on any atom is -0.330 e. The van der Waals surface area contributed by atoms with Crippen LogP contribution in [0.3, 0.4) is 0 Å². The molecule has 0 radical (unpaired) electrons. The van der Waals surface area contributed by atoms with Crippen LogP contribution in [0.5, 0.6) is 0 Å². The molecule has 0 amide bonds. The lowest BCUT2D eigenvalue weighted by Gasteiger charge is -2.06. The third-order valence-corrected chi connectivity index (χ3v) is 6.22. The summed E-state index contributed by atoms with van der Waals surface area (Å²) in [5, 5.41) is 12.7. The topological polar surface area (TPSA) is 37.8 Å². The highest BCUT2D eigenvalue weighted by molar-refractivity contribution is 8.00. The first-order valence-electron chi connectivity index (χ1n) is 8.40. The van der Waals surface area contributed by atoms with E-state index in [4.69, 9.17) is 0 Å². The molecule has 2 aromatic carbocycles. The van der Waals surface area contributed by atoms with Crippen molar-refractivity contribution in [3.8, 4) is 0 Å². The van der Waals surface area contributed by atoms with Crippen molar-refractivity contribution >= 4 is 33.9 Å². The summed E-state index contributed by atoms with van der Waals surface area (Å²) >= 11 is 3.32. The number of benzene rings is 2. The molecule has 0 saturated heterocycles. The molecule has 1 N–H and O–H groups in total. The zero-order valence-corrected chi connectivity index (χ0v) is 16.7. The third-order valence-electron chi connectivity index (χ3n) is 4.17. The quantitative estimate of drug-likeness (QED) is 0.516. The molecule has 0 bridgehead atoms. The van der Waals surface area contributed by atoms with Crippen LogP contribution in [0.2, 0.25) is 0 Å². The number of rotatable bonds is 6. The number of hydrogen-bond donors (Lipinski definition) is 1. The Labute approximate surface area is 157 Å². The average Bonchev–Trinajstić information content (AvgIpc) is 3.04. The summed E-state index contributed by atoms with van der Waals surface area (Å²) in [4.78, 5) is 0. The molecule has 0 spiro atoms. The maximum atomic E-state index is 4.28. The van der Waals surface area contributed by atoms with Gasteiger partial charge in [0.1, 0.15) is 0 Å². The summed E-state index contributed by atoms with van der Waals surface area (Å²) in [5.74, 6) is 1.49. The van der Waals surface area contributed by atoms with Crippen molar-refractivity contribution in [2.45, 2.75) is 43.7 Å². The van der Waals surface area contributed by atoms with E-state index < -0.39 is 0 Å². The van der Waals surface area contributed by atoms with E-state index in [1.165, 1.54) is 22.3 Å². The average molecular weight is 370 g/mol. The van der Waals surface area contributed by atoms with Gasteiger partial charge in [0.25, 0.3) is 0 Å². The number of thioether (sulfide) groups is 1. The summed E-state index contributed by atoms with van der Waals surface area (Å²) in [6.45, 7) is 8.67. The summed E-state index contributed by atoms with van der Waals surface area (Å²) in [6.07, 6.45) is 0. The standard InChI is InChI=1S/C20H23N3S2/c1-13(2)17-8-6-16(7-9-17)12-24-20-23-22-19(25-20)21-18-10-5-14(3)15(4)11-18/h5-11,13H,12H2,1-4H3,(H,21,22). The number of nitrogens with one attached hydrogen (secondary N) is 1. The third kappa shape index (κ3) is 4.83. The highest BCUT2D eigenvalue weighted by Gasteiger charge is 2.07. The molecule has 0 fully saturated rings. The van der Waals surface area contributed by atoms with Crippen molar-refractivity contribution < 1.29 is 0 Å². The molecule has 25 heavy (non-hydrogen) atoms. The van der Waals surface area contributed by atoms with E-state index in [0.29, 0.717) is 5.92 Å². The van der Waals surface area contributed by atoms with Gasteiger partial charge in [0.2, 0.25) is 5.13 Å². The molecule has 3 aromatic rings. The second-order valence-corrected chi connectivity index (χ2v) is 8.68. The predicted octanol–water partition coefficient (Wildman–Crippen LogP) is 6.31. The number of anilines is 2. The van der Waals surface area contributed by atoms with Crippen molar-refractivity contribution in [1.82, 2.24) is 10.2 Å². The molecule has 0 saturated carbocycles. The zero-order chi connectivity index (χ0) is 17.8. The first-order chi connectivity index (χ1) is 12.0. The lowest BCUT2D eigenvalue weighted by Crippen LogP contribution is -1.91. The maximum Gasteiger partial charge on any atom is 0.210 e. The van der Waals surface area contributed by atoms with Crippen LogP contribution in [0.15, 0.2) is 46.8 Å². The summed E-state index contributed by atoms with van der Waals surface area (Å²) in [5.41, 5.74) is 6.31. The minimum absolute atomic E-state index is 0.573. The Morgan fingerprint density at radius 2 is 1.76 bits per heavy atom. The molecule has 3 nitrogen and oxygen atoms in total. The molecule has 1 heterocycles. The van der Waals surface area contributed by atoms with Crippen LogP contribution >= 0.6 is 23.1 Å².